The minimum absolute atomic E-state index is 0.0846. The smallest absolute Gasteiger partial charge is 0.306 e. The molecule has 0 spiro atoms. The second-order valence-corrected chi connectivity index (χ2v) is 6.13. The lowest BCUT2D eigenvalue weighted by atomic mass is 10.1. The molecule has 0 aliphatic heterocycles. The van der Waals surface area contributed by atoms with Crippen molar-refractivity contribution < 1.29 is 17.9 Å². The molecule has 0 amide bonds. The Morgan fingerprint density at radius 2 is 2.05 bits per heavy atom. The van der Waals surface area contributed by atoms with Crippen LogP contribution in [0.3, 0.4) is 0 Å². The fourth-order valence-corrected chi connectivity index (χ4v) is 2.66. The Hall–Kier alpha value is -1.11. The standard InChI is InChI=1S/C12H16ClNO4S/c1-3-18-12(15)5-4-9-6-10(13)8-11(7-9)19(16,17)14-2/h6-8,14H,3-5H2,1-2H3. The molecule has 0 heterocycles. The average molecular weight is 306 g/mol. The van der Waals surface area contributed by atoms with Crippen LogP contribution in [0, 0.1) is 0 Å². The number of rotatable bonds is 6. The van der Waals surface area contributed by atoms with Gasteiger partial charge in [-0.3, -0.25) is 4.79 Å². The van der Waals surface area contributed by atoms with E-state index in [2.05, 4.69) is 4.72 Å². The van der Waals surface area contributed by atoms with Crippen molar-refractivity contribution in [3.8, 4) is 0 Å². The molecule has 0 atom stereocenters. The summed E-state index contributed by atoms with van der Waals surface area (Å²) in [7, 11) is -2.21. The predicted octanol–water partition coefficient (Wildman–Crippen LogP) is 1.74. The second-order valence-electron chi connectivity index (χ2n) is 3.81. The van der Waals surface area contributed by atoms with Gasteiger partial charge >= 0.3 is 5.97 Å². The van der Waals surface area contributed by atoms with Gasteiger partial charge in [-0.25, -0.2) is 13.1 Å². The van der Waals surface area contributed by atoms with Crippen LogP contribution in [0.5, 0.6) is 0 Å². The van der Waals surface area contributed by atoms with E-state index < -0.39 is 10.0 Å². The molecule has 0 saturated heterocycles. The first-order valence-electron chi connectivity index (χ1n) is 5.77. The molecule has 1 aromatic carbocycles. The highest BCUT2D eigenvalue weighted by Gasteiger charge is 2.13. The van der Waals surface area contributed by atoms with Crippen LogP contribution in [0.4, 0.5) is 0 Å². The number of carbonyl (C=O) groups excluding carboxylic acids is 1. The van der Waals surface area contributed by atoms with Gasteiger partial charge in [0.25, 0.3) is 0 Å². The van der Waals surface area contributed by atoms with Gasteiger partial charge in [-0.15, -0.1) is 0 Å². The number of ether oxygens (including phenoxy) is 1. The maximum Gasteiger partial charge on any atom is 0.306 e. The summed E-state index contributed by atoms with van der Waals surface area (Å²) < 4.78 is 30.4. The van der Waals surface area contributed by atoms with E-state index in [4.69, 9.17) is 16.3 Å². The molecule has 19 heavy (non-hydrogen) atoms. The van der Waals surface area contributed by atoms with Crippen LogP contribution in [0.15, 0.2) is 23.1 Å². The molecule has 7 heteroatoms. The molecular formula is C12H16ClNO4S. The van der Waals surface area contributed by atoms with Gasteiger partial charge in [0.1, 0.15) is 0 Å². The van der Waals surface area contributed by atoms with Gasteiger partial charge in [-0.05, 0) is 44.2 Å². The zero-order chi connectivity index (χ0) is 14.5. The van der Waals surface area contributed by atoms with Crippen LogP contribution in [0.2, 0.25) is 5.02 Å². The summed E-state index contributed by atoms with van der Waals surface area (Å²) in [6.07, 6.45) is 0.568. The number of carbonyl (C=O) groups is 1. The Morgan fingerprint density at radius 3 is 2.63 bits per heavy atom. The predicted molar refractivity (Wildman–Crippen MR) is 72.7 cm³/mol. The molecule has 0 fully saturated rings. The summed E-state index contributed by atoms with van der Waals surface area (Å²) in [5, 5.41) is 0.315. The van der Waals surface area contributed by atoms with Crippen molar-refractivity contribution in [1.29, 1.82) is 0 Å². The first-order chi connectivity index (χ1) is 8.89. The third-order valence-electron chi connectivity index (χ3n) is 2.43. The number of sulfonamides is 1. The maximum atomic E-state index is 11.7. The van der Waals surface area contributed by atoms with Crippen LogP contribution in [-0.2, 0) is 26.0 Å². The lowest BCUT2D eigenvalue weighted by Crippen LogP contribution is -2.18. The summed E-state index contributed by atoms with van der Waals surface area (Å²) in [5.74, 6) is -0.319. The highest BCUT2D eigenvalue weighted by atomic mass is 35.5. The van der Waals surface area contributed by atoms with E-state index >= 15 is 0 Å². The number of aryl methyl sites for hydroxylation is 1. The van der Waals surface area contributed by atoms with E-state index in [-0.39, 0.29) is 17.3 Å². The SMILES string of the molecule is CCOC(=O)CCc1cc(Cl)cc(S(=O)(=O)NC)c1. The highest BCUT2D eigenvalue weighted by Crippen LogP contribution is 2.20. The number of esters is 1. The van der Waals surface area contributed by atoms with Gasteiger partial charge in [0.2, 0.25) is 10.0 Å². The van der Waals surface area contributed by atoms with E-state index in [1.54, 1.807) is 13.0 Å². The van der Waals surface area contributed by atoms with E-state index in [0.29, 0.717) is 23.6 Å². The molecule has 0 saturated carbocycles. The van der Waals surface area contributed by atoms with Gasteiger partial charge in [-0.2, -0.15) is 0 Å². The minimum atomic E-state index is -3.54. The molecule has 5 nitrogen and oxygen atoms in total. The topological polar surface area (TPSA) is 72.5 Å². The normalized spacial score (nSPS) is 11.3. The lowest BCUT2D eigenvalue weighted by molar-refractivity contribution is -0.143. The second kappa shape index (κ2) is 6.88. The molecule has 1 aromatic rings. The zero-order valence-electron chi connectivity index (χ0n) is 10.8. The van der Waals surface area contributed by atoms with E-state index in [9.17, 15) is 13.2 Å². The monoisotopic (exact) mass is 305 g/mol. The lowest BCUT2D eigenvalue weighted by Gasteiger charge is -2.07. The summed E-state index contributed by atoms with van der Waals surface area (Å²) in [6, 6.07) is 4.49. The van der Waals surface area contributed by atoms with Crippen LogP contribution >= 0.6 is 11.6 Å². The van der Waals surface area contributed by atoms with Gasteiger partial charge < -0.3 is 4.74 Å². The third kappa shape index (κ3) is 4.81. The van der Waals surface area contributed by atoms with Crippen LogP contribution in [-0.4, -0.2) is 28.0 Å². The van der Waals surface area contributed by atoms with Gasteiger partial charge in [0, 0.05) is 11.4 Å². The number of benzene rings is 1. The number of nitrogens with one attached hydrogen (secondary N) is 1. The summed E-state index contributed by atoms with van der Waals surface area (Å²) >= 11 is 5.88. The van der Waals surface area contributed by atoms with Crippen molar-refractivity contribution in [2.24, 2.45) is 0 Å². The maximum absolute atomic E-state index is 11.7. The Morgan fingerprint density at radius 1 is 1.37 bits per heavy atom. The molecule has 0 unspecified atom stereocenters. The van der Waals surface area contributed by atoms with E-state index in [1.165, 1.54) is 19.2 Å². The molecule has 0 aliphatic carbocycles. The van der Waals surface area contributed by atoms with Gasteiger partial charge in [0.15, 0.2) is 0 Å². The van der Waals surface area contributed by atoms with Crippen LogP contribution < -0.4 is 4.72 Å². The summed E-state index contributed by atoms with van der Waals surface area (Å²) in [6.45, 7) is 2.06. The molecule has 1 N–H and O–H groups in total. The summed E-state index contributed by atoms with van der Waals surface area (Å²) in [5.41, 5.74) is 0.675. The largest absolute Gasteiger partial charge is 0.466 e. The van der Waals surface area contributed by atoms with E-state index in [0.717, 1.165) is 0 Å². The molecule has 106 valence electrons. The quantitative estimate of drug-likeness (QED) is 0.813. The first-order valence-corrected chi connectivity index (χ1v) is 7.63. The van der Waals surface area contributed by atoms with Crippen LogP contribution in [0.25, 0.3) is 0 Å². The van der Waals surface area contributed by atoms with Crippen molar-refractivity contribution in [2.75, 3.05) is 13.7 Å². The van der Waals surface area contributed by atoms with Gasteiger partial charge in [-0.1, -0.05) is 11.6 Å². The van der Waals surface area contributed by atoms with Crippen LogP contribution in [0.1, 0.15) is 18.9 Å². The Labute approximate surface area is 118 Å². The first kappa shape index (κ1) is 15.9. The molecule has 0 radical (unpaired) electrons. The molecular weight excluding hydrogens is 290 g/mol. The van der Waals surface area contributed by atoms with Crippen molar-refractivity contribution in [1.82, 2.24) is 4.72 Å². The number of hydrogen-bond acceptors (Lipinski definition) is 4. The summed E-state index contributed by atoms with van der Waals surface area (Å²) in [4.78, 5) is 11.3. The van der Waals surface area contributed by atoms with Crippen molar-refractivity contribution >= 4 is 27.6 Å². The third-order valence-corrected chi connectivity index (χ3v) is 4.05. The molecule has 0 aromatic heterocycles. The molecule has 0 aliphatic rings. The fourth-order valence-electron chi connectivity index (χ4n) is 1.52. The number of halogens is 1. The Bertz CT molecular complexity index is 557. The Balaban J connectivity index is 2.89. The zero-order valence-corrected chi connectivity index (χ0v) is 12.3. The molecule has 1 rings (SSSR count). The Kier molecular flexibility index (Phi) is 5.78. The average Bonchev–Trinajstić information content (AvgIpc) is 2.36. The minimum Gasteiger partial charge on any atom is -0.466 e. The van der Waals surface area contributed by atoms with Crippen molar-refractivity contribution in [3.63, 3.8) is 0 Å². The van der Waals surface area contributed by atoms with Crippen molar-refractivity contribution in [3.05, 3.63) is 28.8 Å². The van der Waals surface area contributed by atoms with Crippen molar-refractivity contribution in [2.45, 2.75) is 24.7 Å². The fraction of sp³-hybridized carbons (Fsp3) is 0.417. The highest BCUT2D eigenvalue weighted by molar-refractivity contribution is 7.89. The molecule has 0 bridgehead atoms. The van der Waals surface area contributed by atoms with E-state index in [1.807, 2.05) is 0 Å². The van der Waals surface area contributed by atoms with Gasteiger partial charge in [0.05, 0.1) is 11.5 Å². The number of hydrogen-bond donors (Lipinski definition) is 1.